The molecule has 2 nitrogen and oxygen atoms in total. The summed E-state index contributed by atoms with van der Waals surface area (Å²) in [6.07, 6.45) is 5.23. The maximum Gasteiger partial charge on any atom is 0.0471 e. The van der Waals surface area contributed by atoms with Gasteiger partial charge in [0.1, 0.15) is 0 Å². The predicted octanol–water partition coefficient (Wildman–Crippen LogP) is 2.83. The molecule has 0 aromatic carbocycles. The van der Waals surface area contributed by atoms with Crippen molar-refractivity contribution >= 4 is 0 Å². The maximum absolute atomic E-state index is 5.43. The average molecular weight is 225 g/mol. The molecule has 0 aromatic rings. The highest BCUT2D eigenvalue weighted by molar-refractivity contribution is 4.89. The Morgan fingerprint density at radius 2 is 1.88 bits per heavy atom. The number of nitrogens with one attached hydrogen (secondary N) is 1. The zero-order valence-corrected chi connectivity index (χ0v) is 11.1. The molecule has 1 saturated carbocycles. The van der Waals surface area contributed by atoms with Crippen LogP contribution >= 0.6 is 0 Å². The molecule has 0 radical (unpaired) electrons. The van der Waals surface area contributed by atoms with Crippen LogP contribution in [-0.4, -0.2) is 25.8 Å². The molecule has 0 atom stereocenters. The first-order valence-electron chi connectivity index (χ1n) is 6.90. The second-order valence-electron chi connectivity index (χ2n) is 6.48. The van der Waals surface area contributed by atoms with E-state index in [0.717, 1.165) is 31.1 Å². The molecule has 0 aromatic heterocycles. The molecule has 0 spiro atoms. The van der Waals surface area contributed by atoms with Gasteiger partial charge in [-0.2, -0.15) is 0 Å². The maximum atomic E-state index is 5.43. The summed E-state index contributed by atoms with van der Waals surface area (Å²) < 4.78 is 5.43. The van der Waals surface area contributed by atoms with Gasteiger partial charge in [0.05, 0.1) is 0 Å². The minimum atomic E-state index is 0.487. The van der Waals surface area contributed by atoms with Crippen LogP contribution in [0.2, 0.25) is 0 Å². The number of rotatable bonds is 4. The Labute approximate surface area is 100 Å². The van der Waals surface area contributed by atoms with E-state index in [1.54, 1.807) is 0 Å². The van der Waals surface area contributed by atoms with Crippen LogP contribution in [0.1, 0.15) is 46.5 Å². The van der Waals surface area contributed by atoms with Gasteiger partial charge in [0.25, 0.3) is 0 Å². The summed E-state index contributed by atoms with van der Waals surface area (Å²) >= 11 is 0. The molecule has 2 heteroatoms. The van der Waals surface area contributed by atoms with Crippen LogP contribution in [0.4, 0.5) is 0 Å². The summed E-state index contributed by atoms with van der Waals surface area (Å²) in [5.41, 5.74) is 0.487. The van der Waals surface area contributed by atoms with Crippen LogP contribution in [0.25, 0.3) is 0 Å². The van der Waals surface area contributed by atoms with E-state index in [9.17, 15) is 0 Å². The van der Waals surface area contributed by atoms with E-state index in [4.69, 9.17) is 4.74 Å². The first kappa shape index (κ1) is 12.4. The summed E-state index contributed by atoms with van der Waals surface area (Å²) in [6.45, 7) is 10.2. The third-order valence-corrected chi connectivity index (χ3v) is 4.63. The number of ether oxygens (including phenoxy) is 1. The van der Waals surface area contributed by atoms with Gasteiger partial charge in [-0.3, -0.25) is 0 Å². The van der Waals surface area contributed by atoms with Crippen molar-refractivity contribution < 1.29 is 4.74 Å². The second-order valence-corrected chi connectivity index (χ2v) is 6.48. The lowest BCUT2D eigenvalue weighted by molar-refractivity contribution is 0.0192. The van der Waals surface area contributed by atoms with Gasteiger partial charge in [-0.1, -0.05) is 20.8 Å². The Balaban J connectivity index is 1.65. The second kappa shape index (κ2) is 5.05. The average Bonchev–Trinajstić information content (AvgIpc) is 2.15. The first-order chi connectivity index (χ1) is 7.59. The lowest BCUT2D eigenvalue weighted by atomic mass is 9.73. The fourth-order valence-corrected chi connectivity index (χ4v) is 2.80. The molecule has 2 rings (SSSR count). The van der Waals surface area contributed by atoms with E-state index in [1.807, 2.05) is 0 Å². The van der Waals surface area contributed by atoms with Crippen LogP contribution in [0.3, 0.4) is 0 Å². The largest absolute Gasteiger partial charge is 0.381 e. The third kappa shape index (κ3) is 2.98. The highest BCUT2D eigenvalue weighted by Crippen LogP contribution is 2.35. The number of hydrogen-bond donors (Lipinski definition) is 1. The molecule has 16 heavy (non-hydrogen) atoms. The van der Waals surface area contributed by atoms with Gasteiger partial charge in [0, 0.05) is 25.8 Å². The van der Waals surface area contributed by atoms with Crippen molar-refractivity contribution in [2.75, 3.05) is 19.8 Å². The molecule has 1 saturated heterocycles. The van der Waals surface area contributed by atoms with Crippen LogP contribution in [0.5, 0.6) is 0 Å². The molecule has 94 valence electrons. The topological polar surface area (TPSA) is 21.3 Å². The number of hydrogen-bond acceptors (Lipinski definition) is 2. The zero-order valence-electron chi connectivity index (χ0n) is 11.1. The summed E-state index contributed by atoms with van der Waals surface area (Å²) in [5.74, 6) is 1.84. The van der Waals surface area contributed by atoms with Gasteiger partial charge in [-0.15, -0.1) is 0 Å². The fraction of sp³-hybridized carbons (Fsp3) is 1.00. The molecule has 0 amide bonds. The SMILES string of the molecule is CC(C)C1CC(NCC2(C)CCOCC2)C1. The van der Waals surface area contributed by atoms with Crippen LogP contribution in [-0.2, 0) is 4.74 Å². The van der Waals surface area contributed by atoms with Gasteiger partial charge >= 0.3 is 0 Å². The molecular formula is C14H27NO. The summed E-state index contributed by atoms with van der Waals surface area (Å²) in [7, 11) is 0. The third-order valence-electron chi connectivity index (χ3n) is 4.63. The van der Waals surface area contributed by atoms with Crippen molar-refractivity contribution in [2.24, 2.45) is 17.3 Å². The van der Waals surface area contributed by atoms with Crippen molar-refractivity contribution in [1.82, 2.24) is 5.32 Å². The van der Waals surface area contributed by atoms with Gasteiger partial charge in [0.15, 0.2) is 0 Å². The monoisotopic (exact) mass is 225 g/mol. The standard InChI is InChI=1S/C14H27NO/c1-11(2)12-8-13(9-12)15-10-14(3)4-6-16-7-5-14/h11-13,15H,4-10H2,1-3H3. The zero-order chi connectivity index (χ0) is 11.6. The van der Waals surface area contributed by atoms with E-state index < -0.39 is 0 Å². The highest BCUT2D eigenvalue weighted by atomic mass is 16.5. The molecule has 1 aliphatic heterocycles. The normalized spacial score (nSPS) is 33.8. The molecule has 1 heterocycles. The molecule has 0 unspecified atom stereocenters. The van der Waals surface area contributed by atoms with Gasteiger partial charge in [-0.05, 0) is 42.9 Å². The van der Waals surface area contributed by atoms with Crippen molar-refractivity contribution in [1.29, 1.82) is 0 Å². The van der Waals surface area contributed by atoms with Crippen molar-refractivity contribution in [3.63, 3.8) is 0 Å². The van der Waals surface area contributed by atoms with Crippen molar-refractivity contribution in [2.45, 2.75) is 52.5 Å². The fourth-order valence-electron chi connectivity index (χ4n) is 2.80. The van der Waals surface area contributed by atoms with Crippen molar-refractivity contribution in [3.05, 3.63) is 0 Å². The Morgan fingerprint density at radius 1 is 1.25 bits per heavy atom. The van der Waals surface area contributed by atoms with E-state index in [-0.39, 0.29) is 0 Å². The van der Waals surface area contributed by atoms with Gasteiger partial charge in [0.2, 0.25) is 0 Å². The Hall–Kier alpha value is -0.0800. The van der Waals surface area contributed by atoms with E-state index >= 15 is 0 Å². The van der Waals surface area contributed by atoms with E-state index in [1.165, 1.54) is 32.2 Å². The molecule has 1 aliphatic carbocycles. The molecule has 2 aliphatic rings. The molecule has 2 fully saturated rings. The Bertz CT molecular complexity index is 215. The van der Waals surface area contributed by atoms with Crippen LogP contribution in [0.15, 0.2) is 0 Å². The highest BCUT2D eigenvalue weighted by Gasteiger charge is 2.33. The van der Waals surface area contributed by atoms with Crippen molar-refractivity contribution in [3.8, 4) is 0 Å². The lowest BCUT2D eigenvalue weighted by Gasteiger charge is -2.42. The first-order valence-corrected chi connectivity index (χ1v) is 6.90. The summed E-state index contributed by atoms with van der Waals surface area (Å²) in [5, 5.41) is 3.76. The lowest BCUT2D eigenvalue weighted by Crippen LogP contribution is -2.47. The summed E-state index contributed by atoms with van der Waals surface area (Å²) in [6, 6.07) is 0.798. The smallest absolute Gasteiger partial charge is 0.0471 e. The quantitative estimate of drug-likeness (QED) is 0.794. The van der Waals surface area contributed by atoms with Gasteiger partial charge in [-0.25, -0.2) is 0 Å². The Morgan fingerprint density at radius 3 is 2.44 bits per heavy atom. The van der Waals surface area contributed by atoms with Crippen LogP contribution < -0.4 is 5.32 Å². The van der Waals surface area contributed by atoms with E-state index in [0.29, 0.717) is 5.41 Å². The van der Waals surface area contributed by atoms with E-state index in [2.05, 4.69) is 26.1 Å². The predicted molar refractivity (Wildman–Crippen MR) is 67.5 cm³/mol. The molecule has 0 bridgehead atoms. The molecular weight excluding hydrogens is 198 g/mol. The Kier molecular flexibility index (Phi) is 3.91. The molecule has 1 N–H and O–H groups in total. The summed E-state index contributed by atoms with van der Waals surface area (Å²) in [4.78, 5) is 0. The van der Waals surface area contributed by atoms with Gasteiger partial charge < -0.3 is 10.1 Å². The minimum absolute atomic E-state index is 0.487. The minimum Gasteiger partial charge on any atom is -0.381 e. The van der Waals surface area contributed by atoms with Crippen LogP contribution in [0, 0.1) is 17.3 Å².